The van der Waals surface area contributed by atoms with Crippen molar-refractivity contribution in [1.29, 1.82) is 0 Å². The molecule has 0 aromatic rings. The van der Waals surface area contributed by atoms with E-state index in [2.05, 4.69) is 17.3 Å². The first-order valence-corrected chi connectivity index (χ1v) is 5.86. The fourth-order valence-electron chi connectivity index (χ4n) is 2.03. The van der Waals surface area contributed by atoms with Gasteiger partial charge in [-0.1, -0.05) is 0 Å². The Kier molecular flexibility index (Phi) is 5.65. The fraction of sp³-hybridized carbons (Fsp3) is 0.909. The molecule has 4 nitrogen and oxygen atoms in total. The largest absolute Gasteiger partial charge is 0.370 e. The van der Waals surface area contributed by atoms with Crippen LogP contribution in [-0.4, -0.2) is 44.0 Å². The lowest BCUT2D eigenvalue weighted by Crippen LogP contribution is -2.27. The van der Waals surface area contributed by atoms with Crippen LogP contribution < -0.4 is 11.1 Å². The predicted octanol–water partition coefficient (Wildman–Crippen LogP) is 0.183. The van der Waals surface area contributed by atoms with E-state index in [0.717, 1.165) is 19.0 Å². The molecule has 0 bridgehead atoms. The average molecular weight is 213 g/mol. The zero-order valence-corrected chi connectivity index (χ0v) is 9.67. The smallest absolute Gasteiger partial charge is 0.218 e. The monoisotopic (exact) mass is 213 g/mol. The summed E-state index contributed by atoms with van der Waals surface area (Å²) in [4.78, 5) is 12.9. The minimum Gasteiger partial charge on any atom is -0.370 e. The maximum atomic E-state index is 10.5. The molecule has 1 heterocycles. The summed E-state index contributed by atoms with van der Waals surface area (Å²) in [6, 6.07) is 0. The van der Waals surface area contributed by atoms with Gasteiger partial charge in [-0.15, -0.1) is 0 Å². The van der Waals surface area contributed by atoms with Gasteiger partial charge in [0.25, 0.3) is 0 Å². The van der Waals surface area contributed by atoms with Crippen LogP contribution in [0.4, 0.5) is 0 Å². The van der Waals surface area contributed by atoms with Crippen molar-refractivity contribution in [3.8, 4) is 0 Å². The van der Waals surface area contributed by atoms with E-state index >= 15 is 0 Å². The molecule has 1 saturated heterocycles. The first kappa shape index (κ1) is 12.5. The zero-order valence-electron chi connectivity index (χ0n) is 9.67. The van der Waals surface area contributed by atoms with Gasteiger partial charge in [-0.3, -0.25) is 4.79 Å². The van der Waals surface area contributed by atoms with Gasteiger partial charge in [0.2, 0.25) is 5.91 Å². The number of nitrogens with one attached hydrogen (secondary N) is 1. The number of hydrogen-bond acceptors (Lipinski definition) is 3. The maximum Gasteiger partial charge on any atom is 0.218 e. The van der Waals surface area contributed by atoms with Gasteiger partial charge in [-0.25, -0.2) is 0 Å². The Morgan fingerprint density at radius 3 is 3.00 bits per heavy atom. The van der Waals surface area contributed by atoms with Gasteiger partial charge in [0, 0.05) is 13.0 Å². The molecule has 1 atom stereocenters. The molecule has 1 aliphatic rings. The molecule has 0 spiro atoms. The number of rotatable bonds is 5. The highest BCUT2D eigenvalue weighted by Gasteiger charge is 2.13. The second kappa shape index (κ2) is 6.80. The summed E-state index contributed by atoms with van der Waals surface area (Å²) in [5.74, 6) is 0.547. The minimum absolute atomic E-state index is 0.219. The van der Waals surface area contributed by atoms with Gasteiger partial charge >= 0.3 is 0 Å². The molecule has 0 radical (unpaired) electrons. The van der Waals surface area contributed by atoms with E-state index in [-0.39, 0.29) is 5.91 Å². The van der Waals surface area contributed by atoms with Crippen LogP contribution in [0.15, 0.2) is 0 Å². The predicted molar refractivity (Wildman–Crippen MR) is 61.5 cm³/mol. The van der Waals surface area contributed by atoms with Crippen LogP contribution in [-0.2, 0) is 4.79 Å². The van der Waals surface area contributed by atoms with E-state index in [4.69, 9.17) is 5.73 Å². The number of nitrogens with zero attached hydrogens (tertiary/aromatic N) is 1. The second-order valence-electron chi connectivity index (χ2n) is 4.52. The maximum absolute atomic E-state index is 10.5. The third kappa shape index (κ3) is 5.74. The number of carbonyl (C=O) groups excluding carboxylic acids is 1. The Morgan fingerprint density at radius 2 is 2.27 bits per heavy atom. The van der Waals surface area contributed by atoms with Crippen molar-refractivity contribution in [3.05, 3.63) is 0 Å². The summed E-state index contributed by atoms with van der Waals surface area (Å²) in [6.07, 6.45) is 4.30. The van der Waals surface area contributed by atoms with Crippen LogP contribution in [0.3, 0.4) is 0 Å². The van der Waals surface area contributed by atoms with Crippen LogP contribution in [0.25, 0.3) is 0 Å². The van der Waals surface area contributed by atoms with Crippen molar-refractivity contribution in [2.45, 2.75) is 25.7 Å². The molecular weight excluding hydrogens is 190 g/mol. The second-order valence-corrected chi connectivity index (χ2v) is 4.52. The number of carbonyl (C=O) groups is 1. The highest BCUT2D eigenvalue weighted by atomic mass is 16.1. The van der Waals surface area contributed by atoms with E-state index in [1.807, 2.05) is 0 Å². The number of amides is 1. The third-order valence-electron chi connectivity index (χ3n) is 3.05. The summed E-state index contributed by atoms with van der Waals surface area (Å²) < 4.78 is 0. The Balaban J connectivity index is 2.07. The molecule has 4 heteroatoms. The highest BCUT2D eigenvalue weighted by molar-refractivity contribution is 5.73. The van der Waals surface area contributed by atoms with Gasteiger partial charge in [0.05, 0.1) is 0 Å². The Bertz CT molecular complexity index is 196. The number of primary amides is 1. The Hall–Kier alpha value is -0.610. The van der Waals surface area contributed by atoms with Gasteiger partial charge in [0.15, 0.2) is 0 Å². The fourth-order valence-corrected chi connectivity index (χ4v) is 2.03. The summed E-state index contributed by atoms with van der Waals surface area (Å²) in [5.41, 5.74) is 5.07. The number of likely N-dealkylation sites (tertiary alicyclic amines) is 1. The molecule has 0 aliphatic carbocycles. The average Bonchev–Trinajstić information content (AvgIpc) is 2.38. The molecule has 1 amide bonds. The lowest BCUT2D eigenvalue weighted by atomic mass is 10.0. The van der Waals surface area contributed by atoms with Crippen molar-refractivity contribution in [1.82, 2.24) is 10.2 Å². The van der Waals surface area contributed by atoms with Gasteiger partial charge < -0.3 is 16.0 Å². The van der Waals surface area contributed by atoms with E-state index < -0.39 is 0 Å². The van der Waals surface area contributed by atoms with E-state index in [9.17, 15) is 4.79 Å². The molecule has 88 valence electrons. The molecule has 0 aromatic carbocycles. The summed E-state index contributed by atoms with van der Waals surface area (Å²) in [7, 11) is 2.18. The highest BCUT2D eigenvalue weighted by Crippen LogP contribution is 2.15. The molecular formula is C11H23N3O. The van der Waals surface area contributed by atoms with Crippen LogP contribution >= 0.6 is 0 Å². The first-order valence-electron chi connectivity index (χ1n) is 5.86. The lowest BCUT2D eigenvalue weighted by molar-refractivity contribution is -0.117. The SMILES string of the molecule is CN1CCCC(CNCCC(N)=O)CC1. The minimum atomic E-state index is -0.219. The normalized spacial score (nSPS) is 23.7. The van der Waals surface area contributed by atoms with Crippen LogP contribution in [0.5, 0.6) is 0 Å². The first-order chi connectivity index (χ1) is 7.18. The van der Waals surface area contributed by atoms with Crippen molar-refractivity contribution in [3.63, 3.8) is 0 Å². The summed E-state index contributed by atoms with van der Waals surface area (Å²) in [5, 5.41) is 3.31. The topological polar surface area (TPSA) is 58.4 Å². The third-order valence-corrected chi connectivity index (χ3v) is 3.05. The Morgan fingerprint density at radius 1 is 1.47 bits per heavy atom. The van der Waals surface area contributed by atoms with Crippen molar-refractivity contribution in [2.75, 3.05) is 33.2 Å². The molecule has 3 N–H and O–H groups in total. The molecule has 0 saturated carbocycles. The van der Waals surface area contributed by atoms with Gasteiger partial charge in [0.1, 0.15) is 0 Å². The Labute approximate surface area is 92.2 Å². The lowest BCUT2D eigenvalue weighted by Gasteiger charge is -2.15. The number of hydrogen-bond donors (Lipinski definition) is 2. The van der Waals surface area contributed by atoms with Crippen molar-refractivity contribution < 1.29 is 4.79 Å². The summed E-state index contributed by atoms with van der Waals surface area (Å²) >= 11 is 0. The van der Waals surface area contributed by atoms with Crippen LogP contribution in [0, 0.1) is 5.92 Å². The van der Waals surface area contributed by atoms with Gasteiger partial charge in [-0.05, 0) is 51.9 Å². The summed E-state index contributed by atoms with van der Waals surface area (Å²) in [6.45, 7) is 4.17. The quantitative estimate of drug-likeness (QED) is 0.641. The van der Waals surface area contributed by atoms with E-state index in [1.165, 1.54) is 32.4 Å². The molecule has 0 aromatic heterocycles. The van der Waals surface area contributed by atoms with E-state index in [0.29, 0.717) is 6.42 Å². The molecule has 1 rings (SSSR count). The van der Waals surface area contributed by atoms with Crippen LogP contribution in [0.2, 0.25) is 0 Å². The number of nitrogens with two attached hydrogens (primary N) is 1. The molecule has 1 aliphatic heterocycles. The molecule has 1 unspecified atom stereocenters. The molecule has 1 fully saturated rings. The van der Waals surface area contributed by atoms with Crippen molar-refractivity contribution in [2.24, 2.45) is 11.7 Å². The van der Waals surface area contributed by atoms with Gasteiger partial charge in [-0.2, -0.15) is 0 Å². The van der Waals surface area contributed by atoms with Crippen molar-refractivity contribution >= 4 is 5.91 Å². The van der Waals surface area contributed by atoms with Crippen LogP contribution in [0.1, 0.15) is 25.7 Å². The standard InChI is InChI=1S/C11H23N3O/c1-14-7-2-3-10(5-8-14)9-13-6-4-11(12)15/h10,13H,2-9H2,1H3,(H2,12,15). The zero-order chi connectivity index (χ0) is 11.1. The molecule has 15 heavy (non-hydrogen) atoms. The van der Waals surface area contributed by atoms with E-state index in [1.54, 1.807) is 0 Å².